The number of nitrogens with zero attached hydrogens (tertiary/aromatic N) is 1. The number of hydrogen-bond acceptors (Lipinski definition) is 2. The van der Waals surface area contributed by atoms with Crippen LogP contribution in [0.15, 0.2) is 48.5 Å². The van der Waals surface area contributed by atoms with E-state index in [0.717, 1.165) is 18.1 Å². The second-order valence-electron chi connectivity index (χ2n) is 5.63. The zero-order chi connectivity index (χ0) is 14.7. The van der Waals surface area contributed by atoms with Gasteiger partial charge in [0.2, 0.25) is 0 Å². The molecule has 110 valence electrons. The van der Waals surface area contributed by atoms with Crippen molar-refractivity contribution in [3.8, 4) is 0 Å². The molecule has 0 aromatic heterocycles. The summed E-state index contributed by atoms with van der Waals surface area (Å²) in [6.07, 6.45) is 2.58. The lowest BCUT2D eigenvalue weighted by molar-refractivity contribution is 0.878. The Morgan fingerprint density at radius 1 is 1.05 bits per heavy atom. The Balaban J connectivity index is 1.81. The summed E-state index contributed by atoms with van der Waals surface area (Å²) >= 11 is 6.09. The maximum absolute atomic E-state index is 6.09. The van der Waals surface area contributed by atoms with Crippen LogP contribution in [0.3, 0.4) is 0 Å². The fourth-order valence-corrected chi connectivity index (χ4v) is 3.12. The Hall–Kier alpha value is -1.67. The van der Waals surface area contributed by atoms with E-state index in [1.165, 1.54) is 29.8 Å². The van der Waals surface area contributed by atoms with Crippen molar-refractivity contribution in [2.75, 3.05) is 23.3 Å². The fraction of sp³-hybridized carbons (Fsp3) is 0.333. The molecule has 1 unspecified atom stereocenters. The van der Waals surface area contributed by atoms with E-state index >= 15 is 0 Å². The third kappa shape index (κ3) is 3.33. The minimum Gasteiger partial charge on any atom is -0.377 e. The molecule has 0 saturated carbocycles. The van der Waals surface area contributed by atoms with Crippen molar-refractivity contribution in [1.82, 2.24) is 0 Å². The van der Waals surface area contributed by atoms with Gasteiger partial charge in [0.05, 0.1) is 11.4 Å². The highest BCUT2D eigenvalue weighted by atomic mass is 35.5. The predicted molar refractivity (Wildman–Crippen MR) is 91.4 cm³/mol. The van der Waals surface area contributed by atoms with Gasteiger partial charge >= 0.3 is 0 Å². The maximum atomic E-state index is 6.09. The molecule has 21 heavy (non-hydrogen) atoms. The average Bonchev–Trinajstić information content (AvgIpc) is 3.02. The second-order valence-corrected chi connectivity index (χ2v) is 6.07. The molecule has 1 heterocycles. The first-order chi connectivity index (χ1) is 10.2. The summed E-state index contributed by atoms with van der Waals surface area (Å²) in [4.78, 5) is 2.47. The van der Waals surface area contributed by atoms with Crippen LogP contribution in [-0.2, 0) is 0 Å². The Bertz CT molecular complexity index is 606. The predicted octanol–water partition coefficient (Wildman–Crippen LogP) is 5.11. The van der Waals surface area contributed by atoms with Gasteiger partial charge in [-0.15, -0.1) is 0 Å². The van der Waals surface area contributed by atoms with Crippen LogP contribution in [0.1, 0.15) is 31.4 Å². The summed E-state index contributed by atoms with van der Waals surface area (Å²) in [5, 5.41) is 4.42. The van der Waals surface area contributed by atoms with E-state index in [4.69, 9.17) is 11.6 Å². The topological polar surface area (TPSA) is 15.3 Å². The highest BCUT2D eigenvalue weighted by Gasteiger charge is 2.16. The normalized spacial score (nSPS) is 16.0. The summed E-state index contributed by atoms with van der Waals surface area (Å²) in [6, 6.07) is 16.9. The maximum Gasteiger partial charge on any atom is 0.0602 e. The van der Waals surface area contributed by atoms with Crippen LogP contribution in [0.5, 0.6) is 0 Å². The molecule has 0 aliphatic carbocycles. The molecule has 1 fully saturated rings. The minimum atomic E-state index is 0.229. The fourth-order valence-electron chi connectivity index (χ4n) is 2.92. The molecule has 0 bridgehead atoms. The van der Waals surface area contributed by atoms with Gasteiger partial charge in [0.25, 0.3) is 0 Å². The smallest absolute Gasteiger partial charge is 0.0602 e. The molecule has 1 saturated heterocycles. The third-order valence-electron chi connectivity index (χ3n) is 4.07. The summed E-state index contributed by atoms with van der Waals surface area (Å²) in [5.41, 5.74) is 3.72. The van der Waals surface area contributed by atoms with Crippen LogP contribution in [0.25, 0.3) is 0 Å². The first-order valence-electron chi connectivity index (χ1n) is 7.60. The first-order valence-corrected chi connectivity index (χ1v) is 7.98. The molecule has 1 atom stereocenters. The minimum absolute atomic E-state index is 0.229. The number of benzene rings is 2. The molecule has 1 aliphatic heterocycles. The second kappa shape index (κ2) is 6.40. The molecule has 2 aromatic rings. The molecule has 1 N–H and O–H groups in total. The molecule has 0 radical (unpaired) electrons. The highest BCUT2D eigenvalue weighted by Crippen LogP contribution is 2.31. The van der Waals surface area contributed by atoms with Crippen LogP contribution in [0, 0.1) is 0 Å². The monoisotopic (exact) mass is 300 g/mol. The van der Waals surface area contributed by atoms with Crippen molar-refractivity contribution < 1.29 is 0 Å². The zero-order valence-electron chi connectivity index (χ0n) is 12.3. The average molecular weight is 301 g/mol. The number of rotatable bonds is 4. The Morgan fingerprint density at radius 2 is 1.81 bits per heavy atom. The van der Waals surface area contributed by atoms with Gasteiger partial charge in [0.1, 0.15) is 0 Å². The van der Waals surface area contributed by atoms with E-state index in [2.05, 4.69) is 47.5 Å². The van der Waals surface area contributed by atoms with Crippen LogP contribution < -0.4 is 10.2 Å². The lowest BCUT2D eigenvalue weighted by atomic mass is 10.1. The largest absolute Gasteiger partial charge is 0.377 e. The highest BCUT2D eigenvalue weighted by molar-refractivity contribution is 6.30. The number of para-hydroxylation sites is 2. The van der Waals surface area contributed by atoms with E-state index in [0.29, 0.717) is 0 Å². The molecule has 3 heteroatoms. The van der Waals surface area contributed by atoms with Crippen molar-refractivity contribution >= 4 is 23.0 Å². The quantitative estimate of drug-likeness (QED) is 0.843. The third-order valence-corrected chi connectivity index (χ3v) is 4.31. The van der Waals surface area contributed by atoms with E-state index in [9.17, 15) is 0 Å². The van der Waals surface area contributed by atoms with Gasteiger partial charge in [0, 0.05) is 24.2 Å². The van der Waals surface area contributed by atoms with Crippen LogP contribution in [0.4, 0.5) is 11.4 Å². The zero-order valence-corrected chi connectivity index (χ0v) is 13.1. The van der Waals surface area contributed by atoms with Gasteiger partial charge in [-0.3, -0.25) is 0 Å². The molecular formula is C18H21ClN2. The number of hydrogen-bond donors (Lipinski definition) is 1. The van der Waals surface area contributed by atoms with Crippen molar-refractivity contribution in [3.05, 3.63) is 59.1 Å². The van der Waals surface area contributed by atoms with E-state index < -0.39 is 0 Å². The lowest BCUT2D eigenvalue weighted by Crippen LogP contribution is -2.20. The van der Waals surface area contributed by atoms with Gasteiger partial charge in [-0.1, -0.05) is 35.9 Å². The molecule has 0 amide bonds. The Morgan fingerprint density at radius 3 is 2.57 bits per heavy atom. The number of halogens is 1. The molecule has 2 aromatic carbocycles. The molecule has 0 spiro atoms. The molecular weight excluding hydrogens is 280 g/mol. The lowest BCUT2D eigenvalue weighted by Gasteiger charge is -2.24. The van der Waals surface area contributed by atoms with Crippen LogP contribution >= 0.6 is 11.6 Å². The van der Waals surface area contributed by atoms with Gasteiger partial charge < -0.3 is 10.2 Å². The van der Waals surface area contributed by atoms with Gasteiger partial charge in [-0.05, 0) is 49.6 Å². The van der Waals surface area contributed by atoms with Crippen molar-refractivity contribution in [3.63, 3.8) is 0 Å². The first kappa shape index (κ1) is 14.3. The standard InChI is InChI=1S/C18H21ClN2/c1-14(15-7-6-8-16(19)13-15)20-17-9-2-3-10-18(17)21-11-4-5-12-21/h2-3,6-10,13-14,20H,4-5,11-12H2,1H3. The summed E-state index contributed by atoms with van der Waals surface area (Å²) < 4.78 is 0. The van der Waals surface area contributed by atoms with E-state index in [1.54, 1.807) is 0 Å². The van der Waals surface area contributed by atoms with Gasteiger partial charge in [-0.2, -0.15) is 0 Å². The van der Waals surface area contributed by atoms with E-state index in [1.807, 2.05) is 18.2 Å². The summed E-state index contributed by atoms with van der Waals surface area (Å²) in [7, 11) is 0. The van der Waals surface area contributed by atoms with Crippen molar-refractivity contribution in [2.24, 2.45) is 0 Å². The van der Waals surface area contributed by atoms with Crippen LogP contribution in [-0.4, -0.2) is 13.1 Å². The van der Waals surface area contributed by atoms with Crippen molar-refractivity contribution in [1.29, 1.82) is 0 Å². The Kier molecular flexibility index (Phi) is 4.35. The number of nitrogens with one attached hydrogen (secondary N) is 1. The molecule has 3 rings (SSSR count). The van der Waals surface area contributed by atoms with Gasteiger partial charge in [0.15, 0.2) is 0 Å². The number of anilines is 2. The summed E-state index contributed by atoms with van der Waals surface area (Å²) in [5.74, 6) is 0. The molecule has 1 aliphatic rings. The van der Waals surface area contributed by atoms with Crippen molar-refractivity contribution in [2.45, 2.75) is 25.8 Å². The SMILES string of the molecule is CC(Nc1ccccc1N1CCCC1)c1cccc(Cl)c1. The van der Waals surface area contributed by atoms with Gasteiger partial charge in [-0.25, -0.2) is 0 Å². The summed E-state index contributed by atoms with van der Waals surface area (Å²) in [6.45, 7) is 4.49. The van der Waals surface area contributed by atoms with Crippen LogP contribution in [0.2, 0.25) is 5.02 Å². The van der Waals surface area contributed by atoms with E-state index in [-0.39, 0.29) is 6.04 Å². The Labute approximate surface area is 131 Å². The molecule has 2 nitrogen and oxygen atoms in total.